The minimum atomic E-state index is -0.914. The van der Waals surface area contributed by atoms with E-state index >= 15 is 0 Å². The molecule has 1 aliphatic heterocycles. The van der Waals surface area contributed by atoms with Crippen molar-refractivity contribution in [2.24, 2.45) is 5.10 Å². The minimum absolute atomic E-state index is 0.0744. The summed E-state index contributed by atoms with van der Waals surface area (Å²) in [6, 6.07) is 9.36. The molecule has 0 aromatic heterocycles. The number of hydrogen-bond donors (Lipinski definition) is 2. The molecule has 0 unspecified atom stereocenters. The number of ether oxygens (including phenoxy) is 3. The molecule has 2 N–H and O–H groups in total. The van der Waals surface area contributed by atoms with Crippen molar-refractivity contribution in [2.75, 3.05) is 20.3 Å². The molecule has 2 amide bonds. The fourth-order valence-electron chi connectivity index (χ4n) is 3.07. The molecule has 0 spiro atoms. The van der Waals surface area contributed by atoms with Gasteiger partial charge in [-0.15, -0.1) is 0 Å². The van der Waals surface area contributed by atoms with Gasteiger partial charge in [0, 0.05) is 24.3 Å². The molecule has 8 nitrogen and oxygen atoms in total. The number of halogens is 2. The standard InChI is InChI=1S/C22H23ClFN3O5/c1-30-19-9-2-5-14(20(19)32-13-16-17(23)7-3-8-18(16)24)11-26-27-22(29)21(28)25-12-15-6-4-10-31-15/h2-3,5,7-9,11,15H,4,6,10,12-13H2,1H3,(H,25,28)(H,27,29)/b26-11-/t15-/m1/s1. The number of methoxy groups -OCH3 is 1. The van der Waals surface area contributed by atoms with Crippen LogP contribution in [0.2, 0.25) is 5.02 Å². The molecule has 1 heterocycles. The lowest BCUT2D eigenvalue weighted by Crippen LogP contribution is -2.41. The summed E-state index contributed by atoms with van der Waals surface area (Å²) in [4.78, 5) is 23.8. The normalized spacial score (nSPS) is 15.5. The number of nitrogens with zero attached hydrogens (tertiary/aromatic N) is 1. The number of hydrogen-bond acceptors (Lipinski definition) is 6. The first-order chi connectivity index (χ1) is 15.5. The Morgan fingerprint density at radius 1 is 1.28 bits per heavy atom. The number of hydrazone groups is 1. The zero-order valence-corrected chi connectivity index (χ0v) is 18.2. The molecule has 1 aliphatic rings. The van der Waals surface area contributed by atoms with E-state index in [-0.39, 0.29) is 35.6 Å². The Bertz CT molecular complexity index is 975. The summed E-state index contributed by atoms with van der Waals surface area (Å²) in [5.74, 6) is -1.57. The number of nitrogens with one attached hydrogen (secondary N) is 2. The minimum Gasteiger partial charge on any atom is -0.493 e. The second-order valence-electron chi connectivity index (χ2n) is 6.91. The molecule has 0 aliphatic carbocycles. The largest absolute Gasteiger partial charge is 0.493 e. The number of carbonyl (C=O) groups is 2. The van der Waals surface area contributed by atoms with Gasteiger partial charge in [-0.25, -0.2) is 9.82 Å². The van der Waals surface area contributed by atoms with Crippen molar-refractivity contribution in [1.29, 1.82) is 0 Å². The van der Waals surface area contributed by atoms with Gasteiger partial charge in [0.1, 0.15) is 12.4 Å². The van der Waals surface area contributed by atoms with Crippen LogP contribution in [0.4, 0.5) is 4.39 Å². The lowest BCUT2D eigenvalue weighted by Gasteiger charge is -2.14. The van der Waals surface area contributed by atoms with Gasteiger partial charge in [-0.05, 0) is 37.1 Å². The van der Waals surface area contributed by atoms with Crippen molar-refractivity contribution in [3.05, 3.63) is 58.4 Å². The van der Waals surface area contributed by atoms with Crippen molar-refractivity contribution in [3.63, 3.8) is 0 Å². The van der Waals surface area contributed by atoms with Crippen LogP contribution in [0.3, 0.4) is 0 Å². The number of benzene rings is 2. The topological polar surface area (TPSA) is 98.2 Å². The molecule has 32 heavy (non-hydrogen) atoms. The lowest BCUT2D eigenvalue weighted by molar-refractivity contribution is -0.139. The SMILES string of the molecule is COc1cccc(/C=N\NC(=O)C(=O)NC[C@H]2CCCO2)c1OCc1c(F)cccc1Cl. The third kappa shape index (κ3) is 6.18. The Morgan fingerprint density at radius 2 is 2.09 bits per heavy atom. The summed E-state index contributed by atoms with van der Waals surface area (Å²) in [7, 11) is 1.46. The molecule has 0 radical (unpaired) electrons. The summed E-state index contributed by atoms with van der Waals surface area (Å²) >= 11 is 6.05. The number of amides is 2. The predicted octanol–water partition coefficient (Wildman–Crippen LogP) is 2.81. The number of carbonyl (C=O) groups excluding carboxylic acids is 2. The van der Waals surface area contributed by atoms with E-state index in [1.807, 2.05) is 0 Å². The first kappa shape index (κ1) is 23.5. The van der Waals surface area contributed by atoms with Crippen LogP contribution in [0.1, 0.15) is 24.0 Å². The average molecular weight is 464 g/mol. The fourth-order valence-corrected chi connectivity index (χ4v) is 3.29. The van der Waals surface area contributed by atoms with Crippen LogP contribution in [0, 0.1) is 5.82 Å². The first-order valence-electron chi connectivity index (χ1n) is 9.95. The third-order valence-corrected chi connectivity index (χ3v) is 5.10. The van der Waals surface area contributed by atoms with Crippen LogP contribution >= 0.6 is 11.6 Å². The van der Waals surface area contributed by atoms with Gasteiger partial charge in [0.25, 0.3) is 0 Å². The monoisotopic (exact) mass is 463 g/mol. The van der Waals surface area contributed by atoms with Crippen molar-refractivity contribution >= 4 is 29.6 Å². The molecular formula is C22H23ClFN3O5. The Hall–Kier alpha value is -3.17. The summed E-state index contributed by atoms with van der Waals surface area (Å²) in [6.45, 7) is 0.776. The van der Waals surface area contributed by atoms with Crippen molar-refractivity contribution in [3.8, 4) is 11.5 Å². The maximum absolute atomic E-state index is 14.0. The average Bonchev–Trinajstić information content (AvgIpc) is 3.31. The summed E-state index contributed by atoms with van der Waals surface area (Å²) in [5, 5.41) is 6.56. The summed E-state index contributed by atoms with van der Waals surface area (Å²) in [5.41, 5.74) is 2.80. The molecule has 2 aromatic rings. The summed E-state index contributed by atoms with van der Waals surface area (Å²) < 4.78 is 30.5. The highest BCUT2D eigenvalue weighted by atomic mass is 35.5. The third-order valence-electron chi connectivity index (χ3n) is 4.74. The van der Waals surface area contributed by atoms with Crippen molar-refractivity contribution in [1.82, 2.24) is 10.7 Å². The molecule has 0 saturated carbocycles. The molecule has 2 aromatic carbocycles. The Labute approximate surface area is 189 Å². The second kappa shape index (κ2) is 11.4. The van der Waals surface area contributed by atoms with E-state index in [9.17, 15) is 14.0 Å². The molecule has 170 valence electrons. The highest BCUT2D eigenvalue weighted by Gasteiger charge is 2.19. The summed E-state index contributed by atoms with van der Waals surface area (Å²) in [6.07, 6.45) is 3.00. The van der Waals surface area contributed by atoms with Gasteiger partial charge in [0.05, 0.1) is 24.5 Å². The van der Waals surface area contributed by atoms with Gasteiger partial charge in [0.2, 0.25) is 0 Å². The second-order valence-corrected chi connectivity index (χ2v) is 7.32. The fraction of sp³-hybridized carbons (Fsp3) is 0.318. The highest BCUT2D eigenvalue weighted by molar-refractivity contribution is 6.35. The molecule has 10 heteroatoms. The zero-order valence-electron chi connectivity index (χ0n) is 17.4. The van der Waals surface area contributed by atoms with Crippen LogP contribution in [0.15, 0.2) is 41.5 Å². The van der Waals surface area contributed by atoms with Gasteiger partial charge >= 0.3 is 11.8 Å². The molecule has 1 fully saturated rings. The van der Waals surface area contributed by atoms with E-state index in [1.54, 1.807) is 24.3 Å². The highest BCUT2D eigenvalue weighted by Crippen LogP contribution is 2.32. The first-order valence-corrected chi connectivity index (χ1v) is 10.3. The molecule has 1 saturated heterocycles. The Balaban J connectivity index is 1.63. The zero-order chi connectivity index (χ0) is 22.9. The maximum Gasteiger partial charge on any atom is 0.329 e. The Morgan fingerprint density at radius 3 is 2.81 bits per heavy atom. The van der Waals surface area contributed by atoms with E-state index in [2.05, 4.69) is 15.8 Å². The van der Waals surface area contributed by atoms with E-state index in [1.165, 1.54) is 25.5 Å². The van der Waals surface area contributed by atoms with Gasteiger partial charge in [-0.3, -0.25) is 9.59 Å². The van der Waals surface area contributed by atoms with E-state index in [0.29, 0.717) is 17.9 Å². The Kier molecular flexibility index (Phi) is 8.41. The predicted molar refractivity (Wildman–Crippen MR) is 116 cm³/mol. The number of para-hydroxylation sites is 1. The van der Waals surface area contributed by atoms with Crippen LogP contribution < -0.4 is 20.2 Å². The van der Waals surface area contributed by atoms with Crippen molar-refractivity contribution < 1.29 is 28.2 Å². The van der Waals surface area contributed by atoms with E-state index in [0.717, 1.165) is 12.8 Å². The quantitative estimate of drug-likeness (QED) is 0.356. The smallest absolute Gasteiger partial charge is 0.329 e. The molecular weight excluding hydrogens is 441 g/mol. The number of rotatable bonds is 8. The van der Waals surface area contributed by atoms with E-state index < -0.39 is 17.6 Å². The van der Waals surface area contributed by atoms with Crippen LogP contribution in [0.25, 0.3) is 0 Å². The maximum atomic E-state index is 14.0. The van der Waals surface area contributed by atoms with E-state index in [4.69, 9.17) is 25.8 Å². The van der Waals surface area contributed by atoms with Crippen LogP contribution in [0.5, 0.6) is 11.5 Å². The molecule has 3 rings (SSSR count). The van der Waals surface area contributed by atoms with Gasteiger partial charge < -0.3 is 19.5 Å². The van der Waals surface area contributed by atoms with Crippen LogP contribution in [-0.2, 0) is 20.9 Å². The van der Waals surface area contributed by atoms with Gasteiger partial charge in [0.15, 0.2) is 11.5 Å². The van der Waals surface area contributed by atoms with Crippen LogP contribution in [-0.4, -0.2) is 44.4 Å². The lowest BCUT2D eigenvalue weighted by atomic mass is 10.2. The molecule has 1 atom stereocenters. The molecule has 0 bridgehead atoms. The van der Waals surface area contributed by atoms with Gasteiger partial charge in [-0.2, -0.15) is 5.10 Å². The van der Waals surface area contributed by atoms with Crippen molar-refractivity contribution in [2.45, 2.75) is 25.6 Å². The van der Waals surface area contributed by atoms with Gasteiger partial charge in [-0.1, -0.05) is 23.7 Å².